The van der Waals surface area contributed by atoms with E-state index in [1.165, 1.54) is 22.9 Å². The van der Waals surface area contributed by atoms with E-state index in [1.807, 2.05) is 29.3 Å². The predicted molar refractivity (Wildman–Crippen MR) is 130 cm³/mol. The van der Waals surface area contributed by atoms with Gasteiger partial charge in [-0.3, -0.25) is 10.1 Å². The molecule has 2 aliphatic heterocycles. The first-order valence-corrected chi connectivity index (χ1v) is 11.4. The lowest BCUT2D eigenvalue weighted by Gasteiger charge is -2.38. The summed E-state index contributed by atoms with van der Waals surface area (Å²) in [6.45, 7) is 0. The number of halogens is 1. The minimum Gasteiger partial charge on any atom is -0.464 e. The van der Waals surface area contributed by atoms with Gasteiger partial charge in [0.15, 0.2) is 0 Å². The molecule has 0 unspecified atom stereocenters. The number of ether oxygens (including phenoxy) is 1. The van der Waals surface area contributed by atoms with Crippen LogP contribution in [0.3, 0.4) is 0 Å². The van der Waals surface area contributed by atoms with Crippen molar-refractivity contribution in [2.75, 3.05) is 0 Å². The van der Waals surface area contributed by atoms with E-state index in [1.54, 1.807) is 12.1 Å². The third kappa shape index (κ3) is 3.45. The highest BCUT2D eigenvalue weighted by Crippen LogP contribution is 2.48. The summed E-state index contributed by atoms with van der Waals surface area (Å²) in [6.07, 6.45) is 0.275. The SMILES string of the molecule is O=[N+]([O-])c1ccc([C@@H]2Oc3ccc(Br)cc3[C@H]3CC(c4ccc5ccccc5c4)=NN32)cc1. The van der Waals surface area contributed by atoms with Crippen LogP contribution in [0.25, 0.3) is 10.8 Å². The number of hydrogen-bond donors (Lipinski definition) is 0. The number of non-ortho nitro benzene ring substituents is 1. The summed E-state index contributed by atoms with van der Waals surface area (Å²) in [5.74, 6) is 0.803. The minimum absolute atomic E-state index is 0.00733. The Morgan fingerprint density at radius 1 is 0.970 bits per heavy atom. The Bertz CT molecular complexity index is 1430. The molecule has 2 heterocycles. The maximum absolute atomic E-state index is 11.1. The Kier molecular flexibility index (Phi) is 4.66. The molecule has 0 amide bonds. The van der Waals surface area contributed by atoms with Crippen molar-refractivity contribution in [3.8, 4) is 5.75 Å². The lowest BCUT2D eigenvalue weighted by Crippen LogP contribution is -2.33. The fraction of sp³-hybridized carbons (Fsp3) is 0.115. The molecule has 2 aliphatic rings. The molecule has 4 aromatic carbocycles. The summed E-state index contributed by atoms with van der Waals surface area (Å²) in [7, 11) is 0. The number of hydrazone groups is 1. The van der Waals surface area contributed by atoms with E-state index in [-0.39, 0.29) is 11.7 Å². The number of nitro groups is 1. The van der Waals surface area contributed by atoms with Gasteiger partial charge in [0, 0.05) is 34.2 Å². The van der Waals surface area contributed by atoms with Crippen LogP contribution in [0.2, 0.25) is 0 Å². The number of hydrogen-bond acceptors (Lipinski definition) is 5. The Balaban J connectivity index is 1.43. The van der Waals surface area contributed by atoms with Gasteiger partial charge >= 0.3 is 0 Å². The molecule has 33 heavy (non-hydrogen) atoms. The average Bonchev–Trinajstić information content (AvgIpc) is 3.29. The maximum atomic E-state index is 11.1. The third-order valence-corrected chi connectivity index (χ3v) is 6.72. The molecule has 0 saturated carbocycles. The van der Waals surface area contributed by atoms with Crippen LogP contribution in [0, 0.1) is 10.1 Å². The van der Waals surface area contributed by atoms with E-state index in [2.05, 4.69) is 52.3 Å². The Labute approximate surface area is 198 Å². The fourth-order valence-electron chi connectivity index (χ4n) is 4.58. The summed E-state index contributed by atoms with van der Waals surface area (Å²) in [6, 6.07) is 27.2. The molecule has 0 saturated heterocycles. The maximum Gasteiger partial charge on any atom is 0.269 e. The smallest absolute Gasteiger partial charge is 0.269 e. The Morgan fingerprint density at radius 2 is 1.76 bits per heavy atom. The number of fused-ring (bicyclic) bond motifs is 4. The first-order chi connectivity index (χ1) is 16.1. The van der Waals surface area contributed by atoms with Gasteiger partial charge in [-0.05, 0) is 52.7 Å². The third-order valence-electron chi connectivity index (χ3n) is 6.22. The zero-order valence-electron chi connectivity index (χ0n) is 17.4. The molecule has 162 valence electrons. The van der Waals surface area contributed by atoms with Gasteiger partial charge in [0.2, 0.25) is 6.23 Å². The summed E-state index contributed by atoms with van der Waals surface area (Å²) in [5, 5.41) is 20.5. The highest BCUT2D eigenvalue weighted by Gasteiger charge is 2.41. The summed E-state index contributed by atoms with van der Waals surface area (Å²) < 4.78 is 7.35. The van der Waals surface area contributed by atoms with Crippen molar-refractivity contribution in [1.82, 2.24) is 5.01 Å². The molecule has 0 aromatic heterocycles. The first kappa shape index (κ1) is 19.9. The Morgan fingerprint density at radius 3 is 2.55 bits per heavy atom. The van der Waals surface area contributed by atoms with Gasteiger partial charge in [0.25, 0.3) is 5.69 Å². The summed E-state index contributed by atoms with van der Waals surface area (Å²) in [5.41, 5.74) is 4.03. The lowest BCUT2D eigenvalue weighted by molar-refractivity contribution is -0.384. The van der Waals surface area contributed by atoms with E-state index in [0.717, 1.165) is 39.0 Å². The van der Waals surface area contributed by atoms with Crippen LogP contribution in [0.4, 0.5) is 5.69 Å². The van der Waals surface area contributed by atoms with Gasteiger partial charge in [0.05, 0.1) is 16.7 Å². The van der Waals surface area contributed by atoms with Crippen molar-refractivity contribution < 1.29 is 9.66 Å². The second-order valence-corrected chi connectivity index (χ2v) is 9.13. The van der Waals surface area contributed by atoms with Gasteiger partial charge < -0.3 is 4.74 Å². The summed E-state index contributed by atoms with van der Waals surface area (Å²) in [4.78, 5) is 10.7. The number of nitro benzene ring substituents is 1. The highest BCUT2D eigenvalue weighted by molar-refractivity contribution is 9.10. The quantitative estimate of drug-likeness (QED) is 0.231. The number of rotatable bonds is 3. The van der Waals surface area contributed by atoms with Crippen LogP contribution in [0.15, 0.2) is 94.5 Å². The lowest BCUT2D eigenvalue weighted by atomic mass is 9.95. The topological polar surface area (TPSA) is 68.0 Å². The fourth-order valence-corrected chi connectivity index (χ4v) is 4.96. The van der Waals surface area contributed by atoms with Crippen molar-refractivity contribution in [2.45, 2.75) is 18.7 Å². The normalized spacial score (nSPS) is 18.9. The van der Waals surface area contributed by atoms with Gasteiger partial charge in [-0.1, -0.05) is 52.3 Å². The Hall–Kier alpha value is -3.71. The van der Waals surface area contributed by atoms with E-state index >= 15 is 0 Å². The molecule has 4 aromatic rings. The molecular weight excluding hydrogens is 482 g/mol. The van der Waals surface area contributed by atoms with Gasteiger partial charge in [-0.25, -0.2) is 5.01 Å². The zero-order chi connectivity index (χ0) is 22.5. The highest BCUT2D eigenvalue weighted by atomic mass is 79.9. The average molecular weight is 500 g/mol. The molecular formula is C26H18BrN3O3. The van der Waals surface area contributed by atoms with Crippen LogP contribution in [-0.2, 0) is 0 Å². The molecule has 0 N–H and O–H groups in total. The molecule has 0 aliphatic carbocycles. The monoisotopic (exact) mass is 499 g/mol. The molecule has 7 heteroatoms. The molecule has 2 atom stereocenters. The number of nitrogens with zero attached hydrogens (tertiary/aromatic N) is 3. The van der Waals surface area contributed by atoms with Crippen LogP contribution >= 0.6 is 15.9 Å². The predicted octanol–water partition coefficient (Wildman–Crippen LogP) is 6.75. The number of benzene rings is 4. The van der Waals surface area contributed by atoms with Crippen molar-refractivity contribution in [3.63, 3.8) is 0 Å². The molecule has 0 bridgehead atoms. The van der Waals surface area contributed by atoms with Crippen LogP contribution in [0.5, 0.6) is 5.75 Å². The largest absolute Gasteiger partial charge is 0.464 e. The van der Waals surface area contributed by atoms with Gasteiger partial charge in [-0.15, -0.1) is 0 Å². The van der Waals surface area contributed by atoms with Gasteiger partial charge in [-0.2, -0.15) is 5.10 Å². The van der Waals surface area contributed by atoms with Crippen molar-refractivity contribution >= 4 is 38.1 Å². The van der Waals surface area contributed by atoms with Crippen molar-refractivity contribution in [3.05, 3.63) is 116 Å². The van der Waals surface area contributed by atoms with E-state index in [9.17, 15) is 10.1 Å². The first-order valence-electron chi connectivity index (χ1n) is 10.6. The second kappa shape index (κ2) is 7.71. The van der Waals surface area contributed by atoms with Crippen LogP contribution < -0.4 is 4.74 Å². The van der Waals surface area contributed by atoms with Crippen molar-refractivity contribution in [2.24, 2.45) is 5.10 Å². The van der Waals surface area contributed by atoms with E-state index in [4.69, 9.17) is 9.84 Å². The van der Waals surface area contributed by atoms with Crippen LogP contribution in [-0.4, -0.2) is 15.6 Å². The zero-order valence-corrected chi connectivity index (χ0v) is 19.0. The van der Waals surface area contributed by atoms with Crippen LogP contribution in [0.1, 0.15) is 35.4 Å². The molecule has 6 nitrogen and oxygen atoms in total. The second-order valence-electron chi connectivity index (χ2n) is 8.21. The molecule has 0 radical (unpaired) electrons. The minimum atomic E-state index is -0.470. The van der Waals surface area contributed by atoms with E-state index < -0.39 is 11.2 Å². The van der Waals surface area contributed by atoms with Gasteiger partial charge in [0.1, 0.15) is 5.75 Å². The van der Waals surface area contributed by atoms with E-state index in [0.29, 0.717) is 0 Å². The molecule has 0 fully saturated rings. The standard InChI is InChI=1S/C26H18BrN3O3/c27-20-9-12-25-22(14-20)24-15-23(19-6-5-16-3-1-2-4-18(16)13-19)28-29(24)26(33-25)17-7-10-21(11-8-17)30(31)32/h1-14,24,26H,15H2/t24-,26+/m1/s1. The molecule has 0 spiro atoms. The summed E-state index contributed by atoms with van der Waals surface area (Å²) >= 11 is 3.58. The van der Waals surface area contributed by atoms with Crippen molar-refractivity contribution in [1.29, 1.82) is 0 Å². The molecule has 6 rings (SSSR count).